The van der Waals surface area contributed by atoms with Gasteiger partial charge in [0.05, 0.1) is 17.6 Å². The van der Waals surface area contributed by atoms with Crippen molar-refractivity contribution in [1.29, 1.82) is 0 Å². The van der Waals surface area contributed by atoms with Crippen LogP contribution in [0.15, 0.2) is 72.8 Å². The lowest BCUT2D eigenvalue weighted by molar-refractivity contribution is 0.285. The minimum atomic E-state index is 0.413. The highest BCUT2D eigenvalue weighted by Crippen LogP contribution is 2.21. The van der Waals surface area contributed by atoms with E-state index in [4.69, 9.17) is 26.1 Å². The first-order valence-corrected chi connectivity index (χ1v) is 10.6. The molecule has 0 spiro atoms. The first-order chi connectivity index (χ1) is 14.7. The molecule has 3 aromatic carbocycles. The molecular formula is C25H25ClN2O2. The molecule has 0 unspecified atom stereocenters. The zero-order valence-corrected chi connectivity index (χ0v) is 17.8. The SMILES string of the molecule is Cc1cccc(OCCCCn2c(COc3ccc(Cl)cc3)nc3ccccc32)c1. The molecule has 0 radical (unpaired) electrons. The van der Waals surface area contributed by atoms with E-state index in [9.17, 15) is 0 Å². The number of nitrogens with zero attached hydrogens (tertiary/aromatic N) is 2. The summed E-state index contributed by atoms with van der Waals surface area (Å²) in [6.45, 7) is 4.06. The number of unbranched alkanes of at least 4 members (excludes halogenated alkanes) is 1. The van der Waals surface area contributed by atoms with Gasteiger partial charge in [-0.05, 0) is 73.9 Å². The van der Waals surface area contributed by atoms with Crippen LogP contribution in [0.25, 0.3) is 11.0 Å². The fraction of sp³-hybridized carbons (Fsp3) is 0.240. The van der Waals surface area contributed by atoms with Gasteiger partial charge in [0.2, 0.25) is 0 Å². The summed E-state index contributed by atoms with van der Waals surface area (Å²) in [5, 5.41) is 0.697. The van der Waals surface area contributed by atoms with Gasteiger partial charge in [0.25, 0.3) is 0 Å². The third kappa shape index (κ3) is 5.14. The average Bonchev–Trinajstić information content (AvgIpc) is 3.11. The van der Waals surface area contributed by atoms with Crippen molar-refractivity contribution in [2.45, 2.75) is 32.9 Å². The minimum Gasteiger partial charge on any atom is -0.494 e. The molecule has 154 valence electrons. The average molecular weight is 421 g/mol. The molecule has 0 bridgehead atoms. The molecule has 0 N–H and O–H groups in total. The predicted molar refractivity (Wildman–Crippen MR) is 121 cm³/mol. The van der Waals surface area contributed by atoms with Crippen LogP contribution < -0.4 is 9.47 Å². The van der Waals surface area contributed by atoms with Gasteiger partial charge in [-0.3, -0.25) is 0 Å². The number of hydrogen-bond donors (Lipinski definition) is 0. The minimum absolute atomic E-state index is 0.413. The van der Waals surface area contributed by atoms with Gasteiger partial charge in [-0.2, -0.15) is 0 Å². The molecule has 5 heteroatoms. The summed E-state index contributed by atoms with van der Waals surface area (Å²) in [7, 11) is 0. The molecule has 0 aliphatic carbocycles. The topological polar surface area (TPSA) is 36.3 Å². The maximum absolute atomic E-state index is 5.95. The van der Waals surface area contributed by atoms with Crippen molar-refractivity contribution in [3.63, 3.8) is 0 Å². The molecule has 1 aromatic heterocycles. The van der Waals surface area contributed by atoms with Crippen LogP contribution in [0.1, 0.15) is 24.2 Å². The Bertz CT molecular complexity index is 1110. The summed E-state index contributed by atoms with van der Waals surface area (Å²) in [6, 6.07) is 23.8. The summed E-state index contributed by atoms with van der Waals surface area (Å²) in [4.78, 5) is 4.78. The lowest BCUT2D eigenvalue weighted by Gasteiger charge is -2.11. The molecular weight excluding hydrogens is 396 g/mol. The number of rotatable bonds is 9. The molecule has 0 aliphatic rings. The molecule has 0 fully saturated rings. The third-order valence-corrected chi connectivity index (χ3v) is 5.20. The Morgan fingerprint density at radius 3 is 2.53 bits per heavy atom. The van der Waals surface area contributed by atoms with Gasteiger partial charge < -0.3 is 14.0 Å². The number of halogens is 1. The highest BCUT2D eigenvalue weighted by atomic mass is 35.5. The number of para-hydroxylation sites is 2. The van der Waals surface area contributed by atoms with Crippen LogP contribution in [-0.2, 0) is 13.2 Å². The Balaban J connectivity index is 1.38. The van der Waals surface area contributed by atoms with Crippen LogP contribution in [0.3, 0.4) is 0 Å². The van der Waals surface area contributed by atoms with Crippen LogP contribution in [0.5, 0.6) is 11.5 Å². The Morgan fingerprint density at radius 2 is 1.70 bits per heavy atom. The maximum Gasteiger partial charge on any atom is 0.147 e. The second kappa shape index (κ2) is 9.68. The molecule has 0 atom stereocenters. The number of hydrogen-bond acceptors (Lipinski definition) is 3. The molecule has 0 saturated heterocycles. The standard InChI is InChI=1S/C25H25ClN2O2/c1-19-7-6-8-22(17-19)29-16-5-4-15-28-24-10-3-2-9-23(24)27-25(28)18-30-21-13-11-20(26)12-14-21/h2-3,6-14,17H,4-5,15-16,18H2,1H3. The van der Waals surface area contributed by atoms with Crippen LogP contribution in [0.4, 0.5) is 0 Å². The van der Waals surface area contributed by atoms with Crippen molar-refractivity contribution in [3.8, 4) is 11.5 Å². The molecule has 4 aromatic rings. The number of aromatic nitrogens is 2. The van der Waals surface area contributed by atoms with Crippen LogP contribution in [0, 0.1) is 6.92 Å². The van der Waals surface area contributed by atoms with Gasteiger partial charge in [-0.15, -0.1) is 0 Å². The highest BCUT2D eigenvalue weighted by molar-refractivity contribution is 6.30. The molecule has 30 heavy (non-hydrogen) atoms. The fourth-order valence-corrected chi connectivity index (χ4v) is 3.56. The summed E-state index contributed by atoms with van der Waals surface area (Å²) < 4.78 is 14.1. The van der Waals surface area contributed by atoms with E-state index >= 15 is 0 Å². The van der Waals surface area contributed by atoms with Gasteiger partial charge in [0.1, 0.15) is 23.9 Å². The van der Waals surface area contributed by atoms with Crippen molar-refractivity contribution in [2.24, 2.45) is 0 Å². The first kappa shape index (κ1) is 20.3. The zero-order valence-electron chi connectivity index (χ0n) is 17.1. The van der Waals surface area contributed by atoms with E-state index in [0.29, 0.717) is 18.2 Å². The van der Waals surface area contributed by atoms with Crippen molar-refractivity contribution < 1.29 is 9.47 Å². The van der Waals surface area contributed by atoms with Gasteiger partial charge in [-0.1, -0.05) is 35.9 Å². The van der Waals surface area contributed by atoms with E-state index in [1.54, 1.807) is 0 Å². The van der Waals surface area contributed by atoms with Crippen molar-refractivity contribution in [3.05, 3.63) is 89.2 Å². The highest BCUT2D eigenvalue weighted by Gasteiger charge is 2.11. The number of ether oxygens (including phenoxy) is 2. The summed E-state index contributed by atoms with van der Waals surface area (Å²) in [5.74, 6) is 2.63. The van der Waals surface area contributed by atoms with Gasteiger partial charge >= 0.3 is 0 Å². The smallest absolute Gasteiger partial charge is 0.147 e. The van der Waals surface area contributed by atoms with E-state index in [0.717, 1.165) is 47.7 Å². The zero-order chi connectivity index (χ0) is 20.8. The maximum atomic E-state index is 5.95. The van der Waals surface area contributed by atoms with Crippen molar-refractivity contribution in [2.75, 3.05) is 6.61 Å². The lowest BCUT2D eigenvalue weighted by atomic mass is 10.2. The van der Waals surface area contributed by atoms with Gasteiger partial charge in [-0.25, -0.2) is 4.98 Å². The molecule has 1 heterocycles. The molecule has 0 aliphatic heterocycles. The van der Waals surface area contributed by atoms with Crippen LogP contribution in [0.2, 0.25) is 5.02 Å². The van der Waals surface area contributed by atoms with Crippen molar-refractivity contribution >= 4 is 22.6 Å². The van der Waals surface area contributed by atoms with Gasteiger partial charge in [0.15, 0.2) is 0 Å². The number of aryl methyl sites for hydroxylation is 2. The predicted octanol–water partition coefficient (Wildman–Crippen LogP) is 6.44. The second-order valence-corrected chi connectivity index (χ2v) is 7.72. The number of benzene rings is 3. The van der Waals surface area contributed by atoms with E-state index in [2.05, 4.69) is 29.7 Å². The van der Waals surface area contributed by atoms with Gasteiger partial charge in [0, 0.05) is 11.6 Å². The Kier molecular flexibility index (Phi) is 6.55. The molecule has 4 rings (SSSR count). The summed E-state index contributed by atoms with van der Waals surface area (Å²) in [6.07, 6.45) is 1.97. The molecule has 0 amide bonds. The third-order valence-electron chi connectivity index (χ3n) is 4.95. The number of imidazole rings is 1. The summed E-state index contributed by atoms with van der Waals surface area (Å²) in [5.41, 5.74) is 3.33. The van der Waals surface area contributed by atoms with E-state index in [-0.39, 0.29) is 0 Å². The quantitative estimate of drug-likeness (QED) is 0.292. The monoisotopic (exact) mass is 420 g/mol. The van der Waals surface area contributed by atoms with E-state index in [1.165, 1.54) is 5.56 Å². The van der Waals surface area contributed by atoms with E-state index < -0.39 is 0 Å². The Hall–Kier alpha value is -2.98. The Labute approximate surface area is 182 Å². The van der Waals surface area contributed by atoms with Crippen LogP contribution >= 0.6 is 11.6 Å². The van der Waals surface area contributed by atoms with E-state index in [1.807, 2.05) is 54.6 Å². The lowest BCUT2D eigenvalue weighted by Crippen LogP contribution is -2.08. The molecule has 4 nitrogen and oxygen atoms in total. The first-order valence-electron chi connectivity index (χ1n) is 10.2. The second-order valence-electron chi connectivity index (χ2n) is 7.28. The molecule has 0 saturated carbocycles. The van der Waals surface area contributed by atoms with Crippen LogP contribution in [-0.4, -0.2) is 16.2 Å². The van der Waals surface area contributed by atoms with Crippen molar-refractivity contribution in [1.82, 2.24) is 9.55 Å². The largest absolute Gasteiger partial charge is 0.494 e. The number of fused-ring (bicyclic) bond motifs is 1. The Morgan fingerprint density at radius 1 is 0.867 bits per heavy atom. The normalized spacial score (nSPS) is 11.0. The fourth-order valence-electron chi connectivity index (χ4n) is 3.43. The summed E-state index contributed by atoms with van der Waals surface area (Å²) >= 11 is 5.95.